The number of fused-ring (bicyclic) bond motifs is 2. The van der Waals surface area contributed by atoms with Crippen LogP contribution in [0.15, 0.2) is 53.1 Å². The predicted octanol–water partition coefficient (Wildman–Crippen LogP) is 4.11. The largest absolute Gasteiger partial charge is 0.507 e. The van der Waals surface area contributed by atoms with Gasteiger partial charge >= 0.3 is 7.12 Å². The predicted molar refractivity (Wildman–Crippen MR) is 121 cm³/mol. The van der Waals surface area contributed by atoms with Crippen LogP contribution in [0.3, 0.4) is 0 Å². The Labute approximate surface area is 178 Å². The number of sulfone groups is 1. The van der Waals surface area contributed by atoms with Gasteiger partial charge in [0.05, 0.1) is 17.1 Å². The van der Waals surface area contributed by atoms with E-state index >= 15 is 0 Å². The minimum atomic E-state index is -3.24. The average molecular weight is 426 g/mol. The van der Waals surface area contributed by atoms with Gasteiger partial charge in [-0.1, -0.05) is 54.5 Å². The van der Waals surface area contributed by atoms with Crippen LogP contribution in [0.5, 0.6) is 5.75 Å². The van der Waals surface area contributed by atoms with Crippen molar-refractivity contribution in [2.45, 2.75) is 50.8 Å². The summed E-state index contributed by atoms with van der Waals surface area (Å²) < 4.78 is 30.9. The summed E-state index contributed by atoms with van der Waals surface area (Å²) in [4.78, 5) is 0. The van der Waals surface area contributed by atoms with Gasteiger partial charge in [0.25, 0.3) is 0 Å². The van der Waals surface area contributed by atoms with E-state index in [9.17, 15) is 18.5 Å². The smallest absolute Gasteiger partial charge is 0.456 e. The number of allylic oxidation sites excluding steroid dienone is 1. The van der Waals surface area contributed by atoms with E-state index in [0.29, 0.717) is 12.8 Å². The van der Waals surface area contributed by atoms with Gasteiger partial charge in [0.15, 0.2) is 9.84 Å². The van der Waals surface area contributed by atoms with E-state index in [1.165, 1.54) is 0 Å². The fraction of sp³-hybridized carbons (Fsp3) is 0.391. The lowest BCUT2D eigenvalue weighted by Crippen LogP contribution is -2.41. The number of rotatable bonds is 5. The summed E-state index contributed by atoms with van der Waals surface area (Å²) in [5, 5.41) is 21.4. The number of benzene rings is 2. The fourth-order valence-corrected chi connectivity index (χ4v) is 6.94. The number of aromatic hydroxyl groups is 1. The zero-order valence-corrected chi connectivity index (χ0v) is 18.2. The summed E-state index contributed by atoms with van der Waals surface area (Å²) >= 11 is 0. The van der Waals surface area contributed by atoms with Gasteiger partial charge in [0, 0.05) is 11.7 Å². The number of phenolic OH excluding ortho intramolecular Hbond substituents is 1. The first-order chi connectivity index (χ1) is 14.3. The standard InChI is InChI=1S/C23H27BO5S/c1-3-16-14-30(27,28)22-13-24(26)29-21(23(16)22)11-8-15(2)12-17-9-10-20(25)19-7-5-4-6-18(17)19/h4-7,9-10,12,21-22,25-26H,3,8,11,13-14H2,1-2H3/b15-12+/t21-,22+/m1/s1. The third kappa shape index (κ3) is 3.94. The summed E-state index contributed by atoms with van der Waals surface area (Å²) in [6.45, 7) is 4.02. The van der Waals surface area contributed by atoms with Crippen molar-refractivity contribution >= 4 is 33.8 Å². The molecule has 0 aromatic heterocycles. The summed E-state index contributed by atoms with van der Waals surface area (Å²) in [6, 6.07) is 11.3. The fourth-order valence-electron chi connectivity index (χ4n) is 4.72. The van der Waals surface area contributed by atoms with Gasteiger partial charge in [-0.15, -0.1) is 0 Å². The summed E-state index contributed by atoms with van der Waals surface area (Å²) in [7, 11) is -4.28. The molecule has 2 N–H and O–H groups in total. The van der Waals surface area contributed by atoms with Crippen LogP contribution >= 0.6 is 0 Å². The van der Waals surface area contributed by atoms with Gasteiger partial charge in [-0.05, 0) is 48.8 Å². The molecular weight excluding hydrogens is 399 g/mol. The number of hydrogen-bond acceptors (Lipinski definition) is 5. The Morgan fingerprint density at radius 3 is 2.70 bits per heavy atom. The molecule has 2 aliphatic heterocycles. The van der Waals surface area contributed by atoms with Crippen LogP contribution in [0.25, 0.3) is 16.8 Å². The van der Waals surface area contributed by atoms with Crippen molar-refractivity contribution in [1.29, 1.82) is 0 Å². The molecule has 2 aromatic rings. The van der Waals surface area contributed by atoms with E-state index in [-0.39, 0.29) is 23.9 Å². The Bertz CT molecular complexity index is 1140. The van der Waals surface area contributed by atoms with Gasteiger partial charge in [-0.2, -0.15) is 0 Å². The van der Waals surface area contributed by atoms with Crippen LogP contribution in [0.2, 0.25) is 6.32 Å². The van der Waals surface area contributed by atoms with Gasteiger partial charge in [0.1, 0.15) is 5.75 Å². The van der Waals surface area contributed by atoms with Crippen molar-refractivity contribution in [2.75, 3.05) is 5.75 Å². The molecule has 0 spiro atoms. The lowest BCUT2D eigenvalue weighted by Gasteiger charge is -2.32. The van der Waals surface area contributed by atoms with E-state index in [1.54, 1.807) is 6.07 Å². The van der Waals surface area contributed by atoms with Crippen LogP contribution in [0, 0.1) is 0 Å². The Morgan fingerprint density at radius 2 is 1.97 bits per heavy atom. The minimum absolute atomic E-state index is 0.0877. The molecule has 2 aromatic carbocycles. The molecule has 0 amide bonds. The van der Waals surface area contributed by atoms with Crippen molar-refractivity contribution in [2.24, 2.45) is 0 Å². The molecule has 5 nitrogen and oxygen atoms in total. The quantitative estimate of drug-likeness (QED) is 0.555. The first-order valence-electron chi connectivity index (χ1n) is 10.4. The summed E-state index contributed by atoms with van der Waals surface area (Å²) in [6.07, 6.45) is 3.89. The van der Waals surface area contributed by atoms with Crippen molar-refractivity contribution in [1.82, 2.24) is 0 Å². The van der Waals surface area contributed by atoms with E-state index < -0.39 is 22.2 Å². The molecule has 2 aliphatic rings. The van der Waals surface area contributed by atoms with Crippen molar-refractivity contribution in [3.63, 3.8) is 0 Å². The minimum Gasteiger partial charge on any atom is -0.507 e. The lowest BCUT2D eigenvalue weighted by atomic mass is 9.74. The van der Waals surface area contributed by atoms with Gasteiger partial charge in [-0.3, -0.25) is 0 Å². The molecule has 0 unspecified atom stereocenters. The molecular formula is C23H27BO5S. The second kappa shape index (κ2) is 8.21. The van der Waals surface area contributed by atoms with Crippen molar-refractivity contribution in [3.05, 3.63) is 58.7 Å². The Balaban J connectivity index is 1.56. The lowest BCUT2D eigenvalue weighted by molar-refractivity contribution is 0.169. The van der Waals surface area contributed by atoms with E-state index in [4.69, 9.17) is 4.65 Å². The molecule has 4 rings (SSSR count). The van der Waals surface area contributed by atoms with Gasteiger partial charge in [-0.25, -0.2) is 8.42 Å². The molecule has 0 bridgehead atoms. The molecule has 1 fully saturated rings. The third-order valence-corrected chi connectivity index (χ3v) is 8.28. The van der Waals surface area contributed by atoms with Crippen LogP contribution in [-0.4, -0.2) is 42.8 Å². The van der Waals surface area contributed by atoms with E-state index in [1.807, 2.05) is 44.2 Å². The molecule has 1 saturated heterocycles. The Morgan fingerprint density at radius 1 is 1.23 bits per heavy atom. The van der Waals surface area contributed by atoms with E-state index in [2.05, 4.69) is 6.08 Å². The number of phenols is 1. The van der Waals surface area contributed by atoms with Crippen molar-refractivity contribution < 1.29 is 23.2 Å². The highest BCUT2D eigenvalue weighted by Crippen LogP contribution is 2.40. The molecule has 7 heteroatoms. The summed E-state index contributed by atoms with van der Waals surface area (Å²) in [5.41, 5.74) is 3.99. The molecule has 2 atom stereocenters. The highest BCUT2D eigenvalue weighted by molar-refractivity contribution is 7.92. The Hall–Kier alpha value is -2.09. The number of hydrogen-bond donors (Lipinski definition) is 2. The molecule has 0 saturated carbocycles. The zero-order valence-electron chi connectivity index (χ0n) is 17.3. The first kappa shape index (κ1) is 21.2. The molecule has 0 radical (unpaired) electrons. The maximum atomic E-state index is 12.5. The topological polar surface area (TPSA) is 83.8 Å². The molecule has 0 aliphatic carbocycles. The van der Waals surface area contributed by atoms with Gasteiger partial charge in [0.2, 0.25) is 0 Å². The monoisotopic (exact) mass is 426 g/mol. The second-order valence-corrected chi connectivity index (χ2v) is 10.5. The highest BCUT2D eigenvalue weighted by atomic mass is 32.2. The van der Waals surface area contributed by atoms with Crippen LogP contribution < -0.4 is 0 Å². The summed E-state index contributed by atoms with van der Waals surface area (Å²) in [5.74, 6) is 0.349. The SMILES string of the molecule is CCC1=C2[C@@H](CC/C(C)=C/c3ccc(O)c4ccccc34)OB(O)C[C@@H]2S(=O)(=O)C1. The maximum Gasteiger partial charge on any atom is 0.456 e. The van der Waals surface area contributed by atoms with E-state index in [0.717, 1.165) is 39.5 Å². The Kier molecular flexibility index (Phi) is 5.79. The second-order valence-electron chi connectivity index (χ2n) is 8.27. The maximum absolute atomic E-state index is 12.5. The van der Waals surface area contributed by atoms with Crippen LogP contribution in [-0.2, 0) is 14.5 Å². The molecule has 2 heterocycles. The average Bonchev–Trinajstić information content (AvgIpc) is 2.99. The molecule has 30 heavy (non-hydrogen) atoms. The molecule has 158 valence electrons. The van der Waals surface area contributed by atoms with Gasteiger partial charge < -0.3 is 14.8 Å². The zero-order chi connectivity index (χ0) is 21.5. The van der Waals surface area contributed by atoms with Crippen LogP contribution in [0.4, 0.5) is 0 Å². The van der Waals surface area contributed by atoms with Crippen molar-refractivity contribution in [3.8, 4) is 5.75 Å². The normalized spacial score (nSPS) is 23.8. The third-order valence-electron chi connectivity index (χ3n) is 6.21. The first-order valence-corrected chi connectivity index (χ1v) is 12.2. The van der Waals surface area contributed by atoms with Crippen LogP contribution in [0.1, 0.15) is 38.7 Å². The highest BCUT2D eigenvalue weighted by Gasteiger charge is 2.47.